The average molecular weight is 201 g/mol. The molecule has 15 heavy (non-hydrogen) atoms. The van der Waals surface area contributed by atoms with Gasteiger partial charge in [-0.15, -0.1) is 0 Å². The number of nitrogens with one attached hydrogen (secondary N) is 1. The highest BCUT2D eigenvalue weighted by molar-refractivity contribution is 5.84. The second-order valence-corrected chi connectivity index (χ2v) is 5.48. The van der Waals surface area contributed by atoms with E-state index in [-0.39, 0.29) is 5.41 Å². The highest BCUT2D eigenvalue weighted by atomic mass is 14.7. The number of hydrogen-bond donors (Lipinski definition) is 1. The molecule has 0 radical (unpaired) electrons. The zero-order chi connectivity index (χ0) is 11.2. The van der Waals surface area contributed by atoms with Gasteiger partial charge in [0.1, 0.15) is 0 Å². The van der Waals surface area contributed by atoms with Gasteiger partial charge in [-0.2, -0.15) is 0 Å². The van der Waals surface area contributed by atoms with Crippen LogP contribution in [-0.4, -0.2) is 4.98 Å². The summed E-state index contributed by atoms with van der Waals surface area (Å²) in [5.74, 6) is 0. The molecule has 1 aromatic heterocycles. The first-order valence-electron chi connectivity index (χ1n) is 5.48. The van der Waals surface area contributed by atoms with Crippen LogP contribution in [-0.2, 0) is 5.41 Å². The molecule has 0 amide bonds. The van der Waals surface area contributed by atoms with Gasteiger partial charge >= 0.3 is 0 Å². The molecule has 0 spiro atoms. The van der Waals surface area contributed by atoms with Crippen molar-refractivity contribution in [2.45, 2.75) is 40.0 Å². The Morgan fingerprint density at radius 3 is 2.27 bits per heavy atom. The molecule has 2 rings (SSSR count). The topological polar surface area (TPSA) is 15.8 Å². The van der Waals surface area contributed by atoms with Crippen LogP contribution in [0.5, 0.6) is 0 Å². The molecule has 80 valence electrons. The Morgan fingerprint density at radius 2 is 1.67 bits per heavy atom. The van der Waals surface area contributed by atoms with Gasteiger partial charge in [0.15, 0.2) is 0 Å². The van der Waals surface area contributed by atoms with E-state index in [0.29, 0.717) is 0 Å². The largest absolute Gasteiger partial charge is 0.358 e. The van der Waals surface area contributed by atoms with Gasteiger partial charge in [0.05, 0.1) is 0 Å². The second kappa shape index (κ2) is 3.13. The van der Waals surface area contributed by atoms with E-state index in [2.05, 4.69) is 57.8 Å². The van der Waals surface area contributed by atoms with Crippen LogP contribution in [0, 0.1) is 13.8 Å². The van der Waals surface area contributed by atoms with E-state index in [0.717, 1.165) is 0 Å². The third-order valence-corrected chi connectivity index (χ3v) is 2.90. The first-order valence-corrected chi connectivity index (χ1v) is 5.48. The lowest BCUT2D eigenvalue weighted by atomic mass is 9.92. The molecular formula is C14H19N. The van der Waals surface area contributed by atoms with E-state index in [9.17, 15) is 0 Å². The summed E-state index contributed by atoms with van der Waals surface area (Å²) in [7, 11) is 0. The first kappa shape index (κ1) is 10.3. The Bertz CT molecular complexity index is 498. The molecule has 0 aliphatic heterocycles. The summed E-state index contributed by atoms with van der Waals surface area (Å²) in [6.07, 6.45) is 0. The predicted molar refractivity (Wildman–Crippen MR) is 66.5 cm³/mol. The number of fused-ring (bicyclic) bond motifs is 1. The number of H-pyrrole nitrogens is 1. The minimum absolute atomic E-state index is 0.194. The van der Waals surface area contributed by atoms with Crippen LogP contribution in [0.3, 0.4) is 0 Å². The van der Waals surface area contributed by atoms with E-state index in [1.54, 1.807) is 0 Å². The van der Waals surface area contributed by atoms with Crippen LogP contribution in [0.15, 0.2) is 18.2 Å². The number of aromatic nitrogens is 1. The van der Waals surface area contributed by atoms with Gasteiger partial charge in [0.2, 0.25) is 0 Å². The number of hydrogen-bond acceptors (Lipinski definition) is 0. The molecule has 0 aliphatic carbocycles. The van der Waals surface area contributed by atoms with Gasteiger partial charge < -0.3 is 4.98 Å². The van der Waals surface area contributed by atoms with Crippen molar-refractivity contribution in [2.24, 2.45) is 0 Å². The molecule has 0 atom stereocenters. The van der Waals surface area contributed by atoms with Crippen LogP contribution < -0.4 is 0 Å². The Labute approximate surface area is 91.5 Å². The standard InChI is InChI=1S/C14H19N/c1-9-6-10(2)11-8-13(14(3,4)5)15-12(11)7-9/h6-8,15H,1-5H3. The van der Waals surface area contributed by atoms with Gasteiger partial charge in [0, 0.05) is 22.0 Å². The van der Waals surface area contributed by atoms with Crippen molar-refractivity contribution in [1.82, 2.24) is 4.98 Å². The zero-order valence-corrected chi connectivity index (χ0v) is 10.2. The second-order valence-electron chi connectivity index (χ2n) is 5.48. The van der Waals surface area contributed by atoms with E-state index >= 15 is 0 Å². The summed E-state index contributed by atoms with van der Waals surface area (Å²) >= 11 is 0. The molecule has 1 nitrogen and oxygen atoms in total. The summed E-state index contributed by atoms with van der Waals surface area (Å²) in [6, 6.07) is 6.74. The number of aromatic amines is 1. The van der Waals surface area contributed by atoms with Gasteiger partial charge in [-0.05, 0) is 37.1 Å². The molecule has 1 heteroatoms. The number of benzene rings is 1. The Morgan fingerprint density at radius 1 is 1.00 bits per heavy atom. The Kier molecular flexibility index (Phi) is 2.14. The van der Waals surface area contributed by atoms with Crippen LogP contribution in [0.2, 0.25) is 0 Å². The average Bonchev–Trinajstić information content (AvgIpc) is 2.46. The maximum absolute atomic E-state index is 3.52. The summed E-state index contributed by atoms with van der Waals surface area (Å²) in [6.45, 7) is 11.0. The van der Waals surface area contributed by atoms with Gasteiger partial charge in [-0.1, -0.05) is 26.8 Å². The van der Waals surface area contributed by atoms with E-state index in [1.807, 2.05) is 0 Å². The third kappa shape index (κ3) is 1.79. The Balaban J connectivity index is 2.71. The molecule has 0 bridgehead atoms. The van der Waals surface area contributed by atoms with Gasteiger partial charge in [-0.25, -0.2) is 0 Å². The smallest absolute Gasteiger partial charge is 0.0461 e. The lowest BCUT2D eigenvalue weighted by molar-refractivity contribution is 0.574. The molecule has 0 saturated heterocycles. The summed E-state index contributed by atoms with van der Waals surface area (Å²) in [5, 5.41) is 1.35. The lowest BCUT2D eigenvalue weighted by Crippen LogP contribution is -2.10. The minimum Gasteiger partial charge on any atom is -0.358 e. The van der Waals surface area contributed by atoms with Gasteiger partial charge in [0.25, 0.3) is 0 Å². The quantitative estimate of drug-likeness (QED) is 0.661. The SMILES string of the molecule is Cc1cc(C)c2cc(C(C)(C)C)[nH]c2c1. The van der Waals surface area contributed by atoms with Crippen LogP contribution in [0.1, 0.15) is 37.6 Å². The lowest BCUT2D eigenvalue weighted by Gasteiger charge is -2.15. The van der Waals surface area contributed by atoms with E-state index < -0.39 is 0 Å². The fourth-order valence-electron chi connectivity index (χ4n) is 2.00. The molecule has 0 saturated carbocycles. The molecular weight excluding hydrogens is 182 g/mol. The van der Waals surface area contributed by atoms with Crippen LogP contribution in [0.4, 0.5) is 0 Å². The molecule has 0 fully saturated rings. The van der Waals surface area contributed by atoms with Crippen molar-refractivity contribution in [2.75, 3.05) is 0 Å². The van der Waals surface area contributed by atoms with Crippen molar-refractivity contribution >= 4 is 10.9 Å². The molecule has 1 heterocycles. The summed E-state index contributed by atoms with van der Waals surface area (Å²) in [4.78, 5) is 3.52. The molecule has 1 aromatic carbocycles. The van der Waals surface area contributed by atoms with Gasteiger partial charge in [-0.3, -0.25) is 0 Å². The predicted octanol–water partition coefficient (Wildman–Crippen LogP) is 4.08. The van der Waals surface area contributed by atoms with Crippen molar-refractivity contribution in [3.8, 4) is 0 Å². The van der Waals surface area contributed by atoms with Crippen molar-refractivity contribution in [1.29, 1.82) is 0 Å². The van der Waals surface area contributed by atoms with Crippen LogP contribution in [0.25, 0.3) is 10.9 Å². The number of aryl methyl sites for hydroxylation is 2. The first-order chi connectivity index (χ1) is 6.88. The monoisotopic (exact) mass is 201 g/mol. The van der Waals surface area contributed by atoms with Crippen molar-refractivity contribution < 1.29 is 0 Å². The summed E-state index contributed by atoms with van der Waals surface area (Å²) < 4.78 is 0. The highest BCUT2D eigenvalue weighted by Gasteiger charge is 2.16. The normalized spacial score (nSPS) is 12.3. The molecule has 0 aliphatic rings. The molecule has 1 N–H and O–H groups in total. The zero-order valence-electron chi connectivity index (χ0n) is 10.2. The van der Waals surface area contributed by atoms with Crippen molar-refractivity contribution in [3.05, 3.63) is 35.0 Å². The van der Waals surface area contributed by atoms with E-state index in [4.69, 9.17) is 0 Å². The Hall–Kier alpha value is -1.24. The highest BCUT2D eigenvalue weighted by Crippen LogP contribution is 2.28. The maximum Gasteiger partial charge on any atom is 0.0461 e. The fourth-order valence-corrected chi connectivity index (χ4v) is 2.00. The fraction of sp³-hybridized carbons (Fsp3) is 0.429. The third-order valence-electron chi connectivity index (χ3n) is 2.90. The number of rotatable bonds is 0. The summed E-state index contributed by atoms with van der Waals surface area (Å²) in [5.41, 5.74) is 5.45. The van der Waals surface area contributed by atoms with E-state index in [1.165, 1.54) is 27.7 Å². The molecule has 0 unspecified atom stereocenters. The minimum atomic E-state index is 0.194. The van der Waals surface area contributed by atoms with Crippen molar-refractivity contribution in [3.63, 3.8) is 0 Å². The molecule has 2 aromatic rings. The van der Waals surface area contributed by atoms with Crippen LogP contribution >= 0.6 is 0 Å². The maximum atomic E-state index is 3.52.